The van der Waals surface area contributed by atoms with Crippen LogP contribution in [0.2, 0.25) is 0 Å². The zero-order valence-electron chi connectivity index (χ0n) is 54.1. The van der Waals surface area contributed by atoms with Gasteiger partial charge in [0.25, 0.3) is 0 Å². The number of ether oxygens (including phenoxy) is 1. The van der Waals surface area contributed by atoms with Crippen molar-refractivity contribution in [3.8, 4) is 0 Å². The van der Waals surface area contributed by atoms with Crippen molar-refractivity contribution in [2.45, 2.75) is 411 Å². The Balaban J connectivity index is 3.41. The molecule has 0 fully saturated rings. The van der Waals surface area contributed by atoms with Crippen molar-refractivity contribution in [3.05, 3.63) is 36.5 Å². The van der Waals surface area contributed by atoms with Crippen LogP contribution in [0.5, 0.6) is 0 Å². The number of carbonyl (C=O) groups is 2. The summed E-state index contributed by atoms with van der Waals surface area (Å²) in [4.78, 5) is 24.7. The summed E-state index contributed by atoms with van der Waals surface area (Å²) in [5, 5.41) is 23.4. The molecular formula is C74H141NO5. The highest BCUT2D eigenvalue weighted by Gasteiger charge is 2.20. The van der Waals surface area contributed by atoms with Crippen LogP contribution in [0.25, 0.3) is 0 Å². The third kappa shape index (κ3) is 65.2. The molecule has 0 spiro atoms. The predicted molar refractivity (Wildman–Crippen MR) is 352 cm³/mol. The fraction of sp³-hybridized carbons (Fsp3) is 0.892. The van der Waals surface area contributed by atoms with Crippen LogP contribution in [0.4, 0.5) is 0 Å². The first-order valence-electron chi connectivity index (χ1n) is 36.2. The van der Waals surface area contributed by atoms with Gasteiger partial charge >= 0.3 is 5.97 Å². The summed E-state index contributed by atoms with van der Waals surface area (Å²) in [7, 11) is 0. The number of allylic oxidation sites excluding steroid dienone is 6. The fourth-order valence-corrected chi connectivity index (χ4v) is 11.4. The third-order valence-corrected chi connectivity index (χ3v) is 16.9. The zero-order valence-corrected chi connectivity index (χ0v) is 54.1. The molecule has 0 saturated heterocycles. The van der Waals surface area contributed by atoms with Crippen LogP contribution in [-0.4, -0.2) is 47.4 Å². The van der Waals surface area contributed by atoms with E-state index >= 15 is 0 Å². The summed E-state index contributed by atoms with van der Waals surface area (Å²) in [5.74, 6) is -0.0324. The van der Waals surface area contributed by atoms with E-state index in [1.807, 2.05) is 0 Å². The SMILES string of the molecule is CCCCCC/C=C\C/C=C\CCCCCCCCCC(=O)OCCCCCCCCCCCCCC/C=C\CCCCCCCCCC(=O)NC(CO)C(O)CCCCCCCCCCCCCCCCCCCCCCCC. The lowest BCUT2D eigenvalue weighted by molar-refractivity contribution is -0.143. The first-order chi connectivity index (χ1) is 39.5. The lowest BCUT2D eigenvalue weighted by Crippen LogP contribution is -2.45. The van der Waals surface area contributed by atoms with Crippen molar-refractivity contribution < 1.29 is 24.5 Å². The largest absolute Gasteiger partial charge is 0.466 e. The third-order valence-electron chi connectivity index (χ3n) is 16.9. The molecule has 80 heavy (non-hydrogen) atoms. The van der Waals surface area contributed by atoms with Gasteiger partial charge in [0.05, 0.1) is 25.4 Å². The van der Waals surface area contributed by atoms with Gasteiger partial charge in [-0.3, -0.25) is 9.59 Å². The number of hydrogen-bond acceptors (Lipinski definition) is 5. The Morgan fingerprint density at radius 2 is 0.625 bits per heavy atom. The number of hydrogen-bond donors (Lipinski definition) is 3. The van der Waals surface area contributed by atoms with E-state index in [9.17, 15) is 19.8 Å². The molecule has 3 N–H and O–H groups in total. The van der Waals surface area contributed by atoms with Gasteiger partial charge < -0.3 is 20.3 Å². The summed E-state index contributed by atoms with van der Waals surface area (Å²) in [6.45, 7) is 4.97. The molecule has 0 aromatic carbocycles. The summed E-state index contributed by atoms with van der Waals surface area (Å²) < 4.78 is 5.50. The van der Waals surface area contributed by atoms with Crippen LogP contribution in [0.1, 0.15) is 399 Å². The van der Waals surface area contributed by atoms with Crippen LogP contribution in [0.15, 0.2) is 36.5 Å². The Bertz CT molecular complexity index is 1300. The second-order valence-electron chi connectivity index (χ2n) is 24.9. The molecule has 0 radical (unpaired) electrons. The number of carbonyl (C=O) groups excluding carboxylic acids is 2. The maximum absolute atomic E-state index is 12.6. The first kappa shape index (κ1) is 78.1. The van der Waals surface area contributed by atoms with Gasteiger partial charge in [0.15, 0.2) is 0 Å². The number of nitrogens with one attached hydrogen (secondary N) is 1. The number of amides is 1. The number of aliphatic hydroxyl groups is 2. The van der Waals surface area contributed by atoms with Gasteiger partial charge in [-0.2, -0.15) is 0 Å². The lowest BCUT2D eigenvalue weighted by atomic mass is 10.0. The molecule has 0 bridgehead atoms. The summed E-state index contributed by atoms with van der Waals surface area (Å²) in [6, 6.07) is -0.548. The molecule has 6 nitrogen and oxygen atoms in total. The highest BCUT2D eigenvalue weighted by atomic mass is 16.5. The molecule has 0 saturated carbocycles. The van der Waals surface area contributed by atoms with E-state index in [2.05, 4.69) is 55.6 Å². The smallest absolute Gasteiger partial charge is 0.305 e. The van der Waals surface area contributed by atoms with Gasteiger partial charge in [-0.15, -0.1) is 0 Å². The van der Waals surface area contributed by atoms with Gasteiger partial charge in [0.2, 0.25) is 5.91 Å². The molecule has 472 valence electrons. The lowest BCUT2D eigenvalue weighted by Gasteiger charge is -2.22. The minimum Gasteiger partial charge on any atom is -0.466 e. The average molecular weight is 1120 g/mol. The monoisotopic (exact) mass is 1120 g/mol. The average Bonchev–Trinajstić information content (AvgIpc) is 3.46. The fourth-order valence-electron chi connectivity index (χ4n) is 11.4. The molecule has 0 aromatic heterocycles. The molecule has 0 rings (SSSR count). The molecule has 0 aliphatic carbocycles. The number of aliphatic hydroxyl groups excluding tert-OH is 2. The standard InChI is InChI=1S/C74H141NO5/c1-3-5-7-9-11-13-15-17-19-21-23-24-28-31-34-38-42-46-50-54-58-62-66-72(77)71(70-76)75-73(78)67-63-59-55-51-47-43-39-35-32-29-26-25-27-30-33-37-41-45-49-53-57-61-65-69-80-74(79)68-64-60-56-52-48-44-40-36-22-20-18-16-14-12-10-8-6-4-2/h14,16,20,22,29,32,71-72,76-77H,3-13,15,17-19,21,23-28,30-31,33-70H2,1-2H3,(H,75,78)/b16-14-,22-20-,32-29-. The van der Waals surface area contributed by atoms with E-state index in [-0.39, 0.29) is 18.5 Å². The molecule has 0 heterocycles. The number of unbranched alkanes of at least 4 members (excludes halogenated alkanes) is 51. The van der Waals surface area contributed by atoms with Crippen LogP contribution < -0.4 is 5.32 Å². The second-order valence-corrected chi connectivity index (χ2v) is 24.9. The minimum atomic E-state index is -0.670. The van der Waals surface area contributed by atoms with Crippen molar-refractivity contribution in [1.29, 1.82) is 0 Å². The Labute approximate surface area is 500 Å². The van der Waals surface area contributed by atoms with Crippen molar-refractivity contribution in [1.82, 2.24) is 5.32 Å². The van der Waals surface area contributed by atoms with Gasteiger partial charge in [-0.05, 0) is 83.5 Å². The first-order valence-corrected chi connectivity index (χ1v) is 36.2. The highest BCUT2D eigenvalue weighted by Crippen LogP contribution is 2.19. The van der Waals surface area contributed by atoms with E-state index in [4.69, 9.17) is 4.74 Å². The van der Waals surface area contributed by atoms with Crippen molar-refractivity contribution >= 4 is 11.9 Å². The molecule has 2 unspecified atom stereocenters. The maximum atomic E-state index is 12.6. The molecule has 6 heteroatoms. The van der Waals surface area contributed by atoms with Crippen molar-refractivity contribution in [2.24, 2.45) is 0 Å². The Hall–Kier alpha value is -1.92. The van der Waals surface area contributed by atoms with Crippen LogP contribution in [-0.2, 0) is 14.3 Å². The second kappa shape index (κ2) is 69.6. The summed E-state index contributed by atoms with van der Waals surface area (Å²) in [6.07, 6.45) is 89.0. The van der Waals surface area contributed by atoms with Gasteiger partial charge in [0, 0.05) is 12.8 Å². The maximum Gasteiger partial charge on any atom is 0.305 e. The van der Waals surface area contributed by atoms with Gasteiger partial charge in [-0.25, -0.2) is 0 Å². The van der Waals surface area contributed by atoms with Crippen molar-refractivity contribution in [3.63, 3.8) is 0 Å². The van der Waals surface area contributed by atoms with Crippen molar-refractivity contribution in [2.75, 3.05) is 13.2 Å². The van der Waals surface area contributed by atoms with E-state index in [0.717, 1.165) is 51.4 Å². The number of esters is 1. The Morgan fingerprint density at radius 3 is 0.975 bits per heavy atom. The molecule has 0 aliphatic rings. The molecule has 0 aromatic rings. The minimum absolute atomic E-state index is 0.00493. The molecule has 0 aliphatic heterocycles. The normalized spacial score (nSPS) is 12.7. The van der Waals surface area contributed by atoms with E-state index < -0.39 is 12.1 Å². The van der Waals surface area contributed by atoms with E-state index in [0.29, 0.717) is 25.9 Å². The van der Waals surface area contributed by atoms with Crippen LogP contribution in [0.3, 0.4) is 0 Å². The highest BCUT2D eigenvalue weighted by molar-refractivity contribution is 5.76. The number of rotatable bonds is 68. The van der Waals surface area contributed by atoms with E-state index in [1.54, 1.807) is 0 Å². The Morgan fingerprint density at radius 1 is 0.350 bits per heavy atom. The zero-order chi connectivity index (χ0) is 57.8. The molecule has 1 amide bonds. The summed E-state index contributed by atoms with van der Waals surface area (Å²) >= 11 is 0. The van der Waals surface area contributed by atoms with E-state index in [1.165, 1.54) is 315 Å². The van der Waals surface area contributed by atoms with Crippen LogP contribution in [0, 0.1) is 0 Å². The molecular weight excluding hydrogens is 983 g/mol. The van der Waals surface area contributed by atoms with Gasteiger partial charge in [0.1, 0.15) is 0 Å². The Kier molecular flexibility index (Phi) is 67.9. The summed E-state index contributed by atoms with van der Waals surface area (Å²) in [5.41, 5.74) is 0. The van der Waals surface area contributed by atoms with Gasteiger partial charge in [-0.1, -0.05) is 339 Å². The quantitative estimate of drug-likeness (QED) is 0.0320. The molecule has 2 atom stereocenters. The predicted octanol–water partition coefficient (Wildman–Crippen LogP) is 23.5. The van der Waals surface area contributed by atoms with Crippen LogP contribution >= 0.6 is 0 Å². The topological polar surface area (TPSA) is 95.9 Å².